The van der Waals surface area contributed by atoms with E-state index in [0.29, 0.717) is 6.07 Å². The van der Waals surface area contributed by atoms with Crippen molar-refractivity contribution in [1.29, 1.82) is 0 Å². The Morgan fingerprint density at radius 3 is 1.65 bits per heavy atom. The predicted octanol–water partition coefficient (Wildman–Crippen LogP) is 4.96. The van der Waals surface area contributed by atoms with Gasteiger partial charge in [0.05, 0.1) is 61.9 Å². The molecule has 0 radical (unpaired) electrons. The van der Waals surface area contributed by atoms with Crippen LogP contribution >= 0.6 is 11.6 Å². The van der Waals surface area contributed by atoms with Crippen molar-refractivity contribution in [3.05, 3.63) is 90.2 Å². The molecule has 71 heavy (non-hydrogen) atoms. The smallest absolute Gasteiger partial charge is 0.397 e. The molecule has 1 aromatic heterocycles. The van der Waals surface area contributed by atoms with Crippen LogP contribution in [0.5, 0.6) is 5.75 Å². The number of aromatic nitrogens is 3. The average Bonchev–Trinajstić information content (AvgIpc) is 3.24. The number of nitrogens with two attached hydrogens (primary N) is 1. The molecular weight excluding hydrogens is 1090 g/mol. The van der Waals surface area contributed by atoms with Gasteiger partial charge in [-0.25, -0.2) is 25.2 Å². The Bertz CT molecular complexity index is 3830. The van der Waals surface area contributed by atoms with Crippen molar-refractivity contribution < 1.29 is 82.2 Å². The summed E-state index contributed by atoms with van der Waals surface area (Å²) >= 11 is 6.22. The SMILES string of the molecule is Nc1ccc2cc(S(=O)(=O)O)cc(O)c2c1/N=N/c1cc(Nc2nc(Cl)nc(Nc3ccc(S(=O)(=O)CCOS(=O)(=O)O)cc3)n2)c(/N=N/c2ccc(S(=O)(=O)CCOS(=O)(=O)O)cc2)cc1S(=O)(=O)O. The van der Waals surface area contributed by atoms with Crippen LogP contribution in [0.15, 0.2) is 125 Å². The number of phenols is 1. The van der Waals surface area contributed by atoms with Crippen LogP contribution in [-0.4, -0.2) is 113 Å². The number of sulfone groups is 2. The predicted molar refractivity (Wildman–Crippen MR) is 248 cm³/mol. The maximum atomic E-state index is 12.9. The fourth-order valence-corrected chi connectivity index (χ4v) is 10.1. The molecule has 0 unspecified atom stereocenters. The fourth-order valence-electron chi connectivity index (χ4n) is 5.82. The second-order valence-corrected chi connectivity index (χ2v) is 23.4. The number of hydrogen-bond donors (Lipinski definition) is 8. The molecule has 0 saturated carbocycles. The van der Waals surface area contributed by atoms with Gasteiger partial charge < -0.3 is 21.5 Å². The normalized spacial score (nSPS) is 13.0. The average molecular weight is 1120 g/mol. The highest BCUT2D eigenvalue weighted by atomic mass is 35.5. The largest absolute Gasteiger partial charge is 0.507 e. The summed E-state index contributed by atoms with van der Waals surface area (Å²) in [6.45, 7) is -1.79. The van der Waals surface area contributed by atoms with Gasteiger partial charge >= 0.3 is 20.8 Å². The summed E-state index contributed by atoms with van der Waals surface area (Å²) in [6.07, 6.45) is 0. The molecule has 0 atom stereocenters. The van der Waals surface area contributed by atoms with Crippen LogP contribution in [-0.2, 0) is 69.1 Å². The van der Waals surface area contributed by atoms with Gasteiger partial charge in [-0.3, -0.25) is 18.2 Å². The number of anilines is 5. The first-order valence-corrected chi connectivity index (χ1v) is 28.0. The van der Waals surface area contributed by atoms with E-state index < -0.39 is 124 Å². The molecule has 5 aromatic carbocycles. The summed E-state index contributed by atoms with van der Waals surface area (Å²) in [6, 6.07) is 15.1. The van der Waals surface area contributed by atoms with Crippen molar-refractivity contribution in [3.63, 3.8) is 0 Å². The van der Waals surface area contributed by atoms with Gasteiger partial charge in [0.1, 0.15) is 27.7 Å². The Balaban J connectivity index is 1.40. The number of fused-ring (bicyclic) bond motifs is 1. The molecule has 0 fully saturated rings. The number of nitrogen functional groups attached to an aromatic ring is 1. The molecule has 0 amide bonds. The van der Waals surface area contributed by atoms with Crippen molar-refractivity contribution in [1.82, 2.24) is 15.0 Å². The van der Waals surface area contributed by atoms with E-state index in [-0.39, 0.29) is 54.9 Å². The molecule has 36 heteroatoms. The summed E-state index contributed by atoms with van der Waals surface area (Å²) in [5.41, 5.74) is 4.33. The quantitative estimate of drug-likeness (QED) is 0.0284. The topological polar surface area (TPSA) is 463 Å². The number of halogens is 1. The van der Waals surface area contributed by atoms with Crippen molar-refractivity contribution in [2.45, 2.75) is 19.6 Å². The number of rotatable bonds is 20. The maximum absolute atomic E-state index is 12.9. The molecule has 1 heterocycles. The van der Waals surface area contributed by atoms with Crippen molar-refractivity contribution in [2.24, 2.45) is 20.5 Å². The lowest BCUT2D eigenvalue weighted by molar-refractivity contribution is 0.282. The van der Waals surface area contributed by atoms with Gasteiger partial charge in [-0.05, 0) is 89.8 Å². The highest BCUT2D eigenvalue weighted by Crippen LogP contribution is 2.43. The van der Waals surface area contributed by atoms with Crippen LogP contribution in [0.3, 0.4) is 0 Å². The first-order valence-electron chi connectivity index (χ1n) is 18.7. The van der Waals surface area contributed by atoms with E-state index in [0.717, 1.165) is 54.6 Å². The number of aromatic hydroxyl groups is 1. The zero-order chi connectivity index (χ0) is 52.3. The van der Waals surface area contributed by atoms with Gasteiger partial charge in [-0.1, -0.05) is 6.07 Å². The van der Waals surface area contributed by atoms with Crippen molar-refractivity contribution in [2.75, 3.05) is 41.1 Å². The number of nitrogens with zero attached hydrogens (tertiary/aromatic N) is 7. The Morgan fingerprint density at radius 2 is 1.11 bits per heavy atom. The summed E-state index contributed by atoms with van der Waals surface area (Å²) in [5.74, 6) is -3.11. The van der Waals surface area contributed by atoms with Crippen LogP contribution in [0.25, 0.3) is 10.8 Å². The molecule has 0 aliphatic heterocycles. The number of azo groups is 2. The van der Waals surface area contributed by atoms with E-state index in [1.54, 1.807) is 0 Å². The number of phenolic OH excluding ortho intramolecular Hbond substituents is 1. The minimum Gasteiger partial charge on any atom is -0.507 e. The van der Waals surface area contributed by atoms with Crippen LogP contribution in [0.2, 0.25) is 5.28 Å². The van der Waals surface area contributed by atoms with E-state index in [9.17, 15) is 64.7 Å². The van der Waals surface area contributed by atoms with Gasteiger partial charge in [-0.2, -0.15) is 53.7 Å². The molecule has 9 N–H and O–H groups in total. The molecule has 0 saturated heterocycles. The van der Waals surface area contributed by atoms with E-state index in [1.165, 1.54) is 24.3 Å². The third-order valence-electron chi connectivity index (χ3n) is 8.95. The standard InChI is InChI=1S/C35H31ClN10O19S6/c36-33-40-34(38-20-2-6-22(7-3-20)66(48,49)13-11-64-70(58,59)60)42-35(41-33)39-26-17-28(45-46-32-25(37)10-1-19-15-24(68(52,53)54)16-29(47)31(19)32)30(69(55,56)57)18-27(26)44-43-21-4-8-23(9-5-21)67(50,51)14-12-65-71(61,62)63/h1-10,15-18,47H,11-14,37H2,(H,52,53,54)(H,55,56,57)(H,58,59,60)(H,61,62,63)(H2,38,39,40,41,42)/b44-43+,46-45+. The summed E-state index contributed by atoms with van der Waals surface area (Å²) < 4.78 is 189. The fraction of sp³-hybridized carbons (Fsp3) is 0.114. The van der Waals surface area contributed by atoms with Crippen molar-refractivity contribution in [3.8, 4) is 5.75 Å². The van der Waals surface area contributed by atoms with Gasteiger partial charge in [0.2, 0.25) is 17.2 Å². The van der Waals surface area contributed by atoms with Gasteiger partial charge in [0, 0.05) is 11.8 Å². The maximum Gasteiger partial charge on any atom is 0.397 e. The number of hydrogen-bond acceptors (Lipinski definition) is 25. The van der Waals surface area contributed by atoms with E-state index >= 15 is 0 Å². The molecule has 6 rings (SSSR count). The van der Waals surface area contributed by atoms with E-state index in [4.69, 9.17) is 26.4 Å². The second kappa shape index (κ2) is 20.7. The molecule has 6 aromatic rings. The monoisotopic (exact) mass is 1120 g/mol. The van der Waals surface area contributed by atoms with Crippen LogP contribution in [0.4, 0.5) is 51.7 Å². The third-order valence-corrected chi connectivity index (χ3v) is 15.1. The lowest BCUT2D eigenvalue weighted by Crippen LogP contribution is -2.15. The minimum atomic E-state index is -5.26. The lowest BCUT2D eigenvalue weighted by Gasteiger charge is -2.13. The molecule has 29 nitrogen and oxygen atoms in total. The minimum absolute atomic E-state index is 0.0216. The zero-order valence-corrected chi connectivity index (χ0v) is 40.6. The highest BCUT2D eigenvalue weighted by Gasteiger charge is 2.23. The van der Waals surface area contributed by atoms with Gasteiger partial charge in [-0.15, -0.1) is 15.3 Å². The molecule has 0 aliphatic carbocycles. The summed E-state index contributed by atoms with van der Waals surface area (Å²) in [7, 11) is -28.2. The Hall–Kier alpha value is -6.48. The lowest BCUT2D eigenvalue weighted by atomic mass is 10.1. The second-order valence-electron chi connectivity index (χ2n) is 13.9. The summed E-state index contributed by atoms with van der Waals surface area (Å²) in [4.78, 5) is 9.89. The molecule has 0 bridgehead atoms. The van der Waals surface area contributed by atoms with Gasteiger partial charge in [0.25, 0.3) is 20.2 Å². The summed E-state index contributed by atoms with van der Waals surface area (Å²) in [5, 5.41) is 31.6. The number of nitrogens with one attached hydrogen (secondary N) is 2. The van der Waals surface area contributed by atoms with E-state index in [1.807, 2.05) is 0 Å². The van der Waals surface area contributed by atoms with E-state index in [2.05, 4.69) is 54.4 Å². The first kappa shape index (κ1) is 53.9. The van der Waals surface area contributed by atoms with Crippen LogP contribution in [0, 0.1) is 0 Å². The zero-order valence-electron chi connectivity index (χ0n) is 34.9. The van der Waals surface area contributed by atoms with Crippen molar-refractivity contribution >= 4 is 135 Å². The molecular formula is C35H31ClN10O19S6. The Kier molecular flexibility index (Phi) is 15.7. The van der Waals surface area contributed by atoms with Crippen LogP contribution < -0.4 is 16.4 Å². The molecule has 378 valence electrons. The first-order chi connectivity index (χ1) is 32.9. The Morgan fingerprint density at radius 1 is 0.577 bits per heavy atom. The van der Waals surface area contributed by atoms with Gasteiger partial charge in [0.15, 0.2) is 19.7 Å². The number of benzene rings is 5. The highest BCUT2D eigenvalue weighted by molar-refractivity contribution is 7.91. The molecule has 0 aliphatic rings. The molecule has 0 spiro atoms. The Labute approximate surface area is 406 Å². The van der Waals surface area contributed by atoms with Crippen LogP contribution in [0.1, 0.15) is 0 Å². The third kappa shape index (κ3) is 14.6.